The van der Waals surface area contributed by atoms with E-state index in [1.54, 1.807) is 24.3 Å². The topological polar surface area (TPSA) is 71.3 Å². The van der Waals surface area contributed by atoms with Crippen LogP contribution in [-0.4, -0.2) is 11.8 Å². The zero-order valence-electron chi connectivity index (χ0n) is 17.7. The van der Waals surface area contributed by atoms with Gasteiger partial charge in [-0.15, -0.1) is 0 Å². The molecule has 1 heterocycles. The van der Waals surface area contributed by atoms with E-state index in [1.807, 2.05) is 52.0 Å². The summed E-state index contributed by atoms with van der Waals surface area (Å²) in [7, 11) is 0. The molecule has 2 aromatic carbocycles. The second kappa shape index (κ2) is 9.27. The number of hydrogen-bond acceptors (Lipinski definition) is 3. The Hall–Kier alpha value is -3.60. The number of carbonyl (C=O) groups is 2. The molecule has 0 saturated carbocycles. The maximum Gasteiger partial charge on any atom is 0.268 e. The molecule has 0 spiro atoms. The third kappa shape index (κ3) is 5.26. The summed E-state index contributed by atoms with van der Waals surface area (Å²) in [5.74, 6) is -0.273. The van der Waals surface area contributed by atoms with E-state index < -0.39 is 0 Å². The van der Waals surface area contributed by atoms with Crippen molar-refractivity contribution in [1.29, 1.82) is 0 Å². The van der Waals surface area contributed by atoms with Gasteiger partial charge in [-0.05, 0) is 63.1 Å². The molecular weight excluding hydrogens is 376 g/mol. The van der Waals surface area contributed by atoms with Crippen molar-refractivity contribution in [2.75, 3.05) is 0 Å². The van der Waals surface area contributed by atoms with Crippen molar-refractivity contribution in [3.8, 4) is 0 Å². The molecular formula is C25H26N2O3. The lowest BCUT2D eigenvalue weighted by atomic mass is 10.00. The summed E-state index contributed by atoms with van der Waals surface area (Å²) in [6.07, 6.45) is 3.04. The van der Waals surface area contributed by atoms with Gasteiger partial charge in [-0.2, -0.15) is 0 Å². The highest BCUT2D eigenvalue weighted by molar-refractivity contribution is 6.05. The molecule has 1 aromatic heterocycles. The zero-order chi connectivity index (χ0) is 21.7. The summed E-state index contributed by atoms with van der Waals surface area (Å²) in [4.78, 5) is 25.7. The van der Waals surface area contributed by atoms with Crippen molar-refractivity contribution >= 4 is 17.9 Å². The number of carbonyl (C=O) groups excluding carboxylic acids is 2. The van der Waals surface area contributed by atoms with Crippen LogP contribution in [0.5, 0.6) is 0 Å². The van der Waals surface area contributed by atoms with Gasteiger partial charge in [0, 0.05) is 11.6 Å². The predicted octanol–water partition coefficient (Wildman–Crippen LogP) is 4.85. The van der Waals surface area contributed by atoms with Crippen LogP contribution >= 0.6 is 0 Å². The molecule has 1 atom stereocenters. The van der Waals surface area contributed by atoms with E-state index in [4.69, 9.17) is 4.42 Å². The van der Waals surface area contributed by atoms with E-state index in [9.17, 15) is 9.59 Å². The standard InChI is InChI=1S/C25H26N2O3/c1-16-7-10-20(11-8-16)24(28)27-23(15-21-6-5-13-30-21)25(29)26-19(4)22-12-9-17(2)14-18(22)3/h5-15,19H,1-4H3,(H,26,29)(H,27,28)/b23-15-/t19-/m1/s1. The van der Waals surface area contributed by atoms with E-state index in [2.05, 4.69) is 16.7 Å². The summed E-state index contributed by atoms with van der Waals surface area (Å²) < 4.78 is 5.33. The molecule has 0 aliphatic rings. The van der Waals surface area contributed by atoms with Gasteiger partial charge in [0.1, 0.15) is 11.5 Å². The Labute approximate surface area is 176 Å². The van der Waals surface area contributed by atoms with Crippen LogP contribution in [0, 0.1) is 20.8 Å². The van der Waals surface area contributed by atoms with Gasteiger partial charge in [0.2, 0.25) is 0 Å². The Morgan fingerprint density at radius 2 is 1.67 bits per heavy atom. The number of hydrogen-bond donors (Lipinski definition) is 2. The van der Waals surface area contributed by atoms with Crippen molar-refractivity contribution < 1.29 is 14.0 Å². The summed E-state index contributed by atoms with van der Waals surface area (Å²) in [5, 5.41) is 5.69. The molecule has 0 aliphatic carbocycles. The molecule has 3 rings (SSSR count). The first-order valence-corrected chi connectivity index (χ1v) is 9.84. The minimum absolute atomic E-state index is 0.118. The Morgan fingerprint density at radius 1 is 0.967 bits per heavy atom. The summed E-state index contributed by atoms with van der Waals surface area (Å²) in [6, 6.07) is 16.5. The van der Waals surface area contributed by atoms with Crippen molar-refractivity contribution in [3.05, 3.63) is 100 Å². The minimum Gasteiger partial charge on any atom is -0.465 e. The number of amides is 2. The van der Waals surface area contributed by atoms with Gasteiger partial charge in [-0.25, -0.2) is 0 Å². The van der Waals surface area contributed by atoms with Crippen LogP contribution in [0.3, 0.4) is 0 Å². The van der Waals surface area contributed by atoms with Crippen LogP contribution in [0.25, 0.3) is 6.08 Å². The predicted molar refractivity (Wildman–Crippen MR) is 118 cm³/mol. The molecule has 0 bridgehead atoms. The fourth-order valence-corrected chi connectivity index (χ4v) is 3.24. The first-order valence-electron chi connectivity index (χ1n) is 9.84. The van der Waals surface area contributed by atoms with E-state index in [0.717, 1.165) is 16.7 Å². The van der Waals surface area contributed by atoms with Gasteiger partial charge < -0.3 is 15.1 Å². The van der Waals surface area contributed by atoms with Crippen LogP contribution in [0.4, 0.5) is 0 Å². The molecule has 0 aliphatic heterocycles. The second-order valence-corrected chi connectivity index (χ2v) is 7.45. The fourth-order valence-electron chi connectivity index (χ4n) is 3.24. The van der Waals surface area contributed by atoms with Crippen LogP contribution in [0.1, 0.15) is 51.3 Å². The molecule has 0 radical (unpaired) electrons. The van der Waals surface area contributed by atoms with Gasteiger partial charge in [0.25, 0.3) is 11.8 Å². The number of nitrogens with one attached hydrogen (secondary N) is 2. The maximum absolute atomic E-state index is 13.0. The molecule has 2 amide bonds. The zero-order valence-corrected chi connectivity index (χ0v) is 17.7. The van der Waals surface area contributed by atoms with E-state index in [1.165, 1.54) is 17.9 Å². The highest BCUT2D eigenvalue weighted by Crippen LogP contribution is 2.19. The van der Waals surface area contributed by atoms with Crippen molar-refractivity contribution in [1.82, 2.24) is 10.6 Å². The van der Waals surface area contributed by atoms with Gasteiger partial charge in [-0.3, -0.25) is 9.59 Å². The third-order valence-electron chi connectivity index (χ3n) is 4.88. The Kier molecular flexibility index (Phi) is 6.52. The number of furan rings is 1. The summed E-state index contributed by atoms with van der Waals surface area (Å²) >= 11 is 0. The largest absolute Gasteiger partial charge is 0.465 e. The van der Waals surface area contributed by atoms with Crippen LogP contribution in [-0.2, 0) is 4.79 Å². The highest BCUT2D eigenvalue weighted by atomic mass is 16.3. The van der Waals surface area contributed by atoms with Crippen molar-refractivity contribution in [2.45, 2.75) is 33.7 Å². The quantitative estimate of drug-likeness (QED) is 0.579. The second-order valence-electron chi connectivity index (χ2n) is 7.45. The minimum atomic E-state index is -0.390. The molecule has 30 heavy (non-hydrogen) atoms. The average molecular weight is 402 g/mol. The SMILES string of the molecule is Cc1ccc(C(=O)N/C(=C\c2ccco2)C(=O)N[C@H](C)c2ccc(C)cc2C)cc1. The van der Waals surface area contributed by atoms with Crippen molar-refractivity contribution in [3.63, 3.8) is 0 Å². The lowest BCUT2D eigenvalue weighted by molar-refractivity contribution is -0.118. The molecule has 2 N–H and O–H groups in total. The molecule has 0 fully saturated rings. The normalized spacial score (nSPS) is 12.3. The molecule has 0 unspecified atom stereocenters. The lowest BCUT2D eigenvalue weighted by Crippen LogP contribution is -2.36. The smallest absolute Gasteiger partial charge is 0.268 e. The maximum atomic E-state index is 13.0. The molecule has 5 nitrogen and oxygen atoms in total. The Balaban J connectivity index is 1.82. The van der Waals surface area contributed by atoms with E-state index in [-0.39, 0.29) is 23.6 Å². The Bertz CT molecular complexity index is 1060. The van der Waals surface area contributed by atoms with Crippen LogP contribution < -0.4 is 10.6 Å². The summed E-state index contributed by atoms with van der Waals surface area (Å²) in [6.45, 7) is 7.92. The number of benzene rings is 2. The molecule has 0 saturated heterocycles. The first kappa shape index (κ1) is 21.1. The first-order chi connectivity index (χ1) is 14.3. The molecule has 3 aromatic rings. The number of rotatable bonds is 6. The lowest BCUT2D eigenvalue weighted by Gasteiger charge is -2.18. The molecule has 154 valence electrons. The van der Waals surface area contributed by atoms with Crippen LogP contribution in [0.2, 0.25) is 0 Å². The van der Waals surface area contributed by atoms with Gasteiger partial charge in [0.05, 0.1) is 12.3 Å². The monoisotopic (exact) mass is 402 g/mol. The fraction of sp³-hybridized carbons (Fsp3) is 0.200. The van der Waals surface area contributed by atoms with Crippen molar-refractivity contribution in [2.24, 2.45) is 0 Å². The average Bonchev–Trinajstić information content (AvgIpc) is 3.21. The number of aryl methyl sites for hydroxylation is 3. The Morgan fingerprint density at radius 3 is 2.30 bits per heavy atom. The van der Waals surface area contributed by atoms with Gasteiger partial charge >= 0.3 is 0 Å². The van der Waals surface area contributed by atoms with E-state index in [0.29, 0.717) is 11.3 Å². The molecule has 5 heteroatoms. The van der Waals surface area contributed by atoms with Crippen LogP contribution in [0.15, 0.2) is 71.0 Å². The third-order valence-corrected chi connectivity index (χ3v) is 4.88. The highest BCUT2D eigenvalue weighted by Gasteiger charge is 2.18. The van der Waals surface area contributed by atoms with Gasteiger partial charge in [0.15, 0.2) is 0 Å². The van der Waals surface area contributed by atoms with E-state index >= 15 is 0 Å². The van der Waals surface area contributed by atoms with Gasteiger partial charge in [-0.1, -0.05) is 41.5 Å². The summed E-state index contributed by atoms with van der Waals surface area (Å²) in [5.41, 5.74) is 4.93.